The molecule has 0 unspecified atom stereocenters. The highest BCUT2D eigenvalue weighted by atomic mass is 19.1. The lowest BCUT2D eigenvalue weighted by Gasteiger charge is -2.25. The van der Waals surface area contributed by atoms with E-state index in [0.29, 0.717) is 29.5 Å². The Bertz CT molecular complexity index is 1280. The molecule has 0 aliphatic carbocycles. The number of hydrogen-bond acceptors (Lipinski definition) is 3. The number of fused-ring (bicyclic) bond motifs is 1. The number of amides is 3. The Morgan fingerprint density at radius 2 is 1.47 bits per heavy atom. The smallest absolute Gasteiger partial charge is 0.261 e. The Balaban J connectivity index is 1.49. The van der Waals surface area contributed by atoms with Crippen LogP contribution in [-0.4, -0.2) is 35.7 Å². The van der Waals surface area contributed by atoms with Crippen LogP contribution in [0.4, 0.5) is 14.5 Å². The van der Waals surface area contributed by atoms with Gasteiger partial charge >= 0.3 is 0 Å². The number of imide groups is 1. The SMILES string of the molecule is CC(C)(C)c1ccc(C(=O)N(CCCCN2C(=O)c3ccccc3C2=O)c2ccc(F)cc2F)cc1. The average Bonchev–Trinajstić information content (AvgIpc) is 3.09. The maximum absolute atomic E-state index is 14.7. The van der Waals surface area contributed by atoms with E-state index < -0.39 is 17.5 Å². The van der Waals surface area contributed by atoms with E-state index in [2.05, 4.69) is 20.8 Å². The number of anilines is 1. The fraction of sp³-hybridized carbons (Fsp3) is 0.276. The minimum Gasteiger partial charge on any atom is -0.306 e. The summed E-state index contributed by atoms with van der Waals surface area (Å²) in [7, 11) is 0. The molecule has 0 N–H and O–H groups in total. The largest absolute Gasteiger partial charge is 0.306 e. The third-order valence-corrected chi connectivity index (χ3v) is 6.34. The molecule has 0 saturated heterocycles. The van der Waals surface area contributed by atoms with Crippen molar-refractivity contribution in [1.82, 2.24) is 4.90 Å². The van der Waals surface area contributed by atoms with Gasteiger partial charge in [-0.25, -0.2) is 8.78 Å². The molecule has 7 heteroatoms. The summed E-state index contributed by atoms with van der Waals surface area (Å²) < 4.78 is 28.2. The van der Waals surface area contributed by atoms with Gasteiger partial charge < -0.3 is 4.90 Å². The Hall–Kier alpha value is -3.87. The van der Waals surface area contributed by atoms with Gasteiger partial charge in [0, 0.05) is 24.7 Å². The number of nitrogens with zero attached hydrogens (tertiary/aromatic N) is 2. The van der Waals surface area contributed by atoms with Gasteiger partial charge in [0.15, 0.2) is 0 Å². The summed E-state index contributed by atoms with van der Waals surface area (Å²) in [5, 5.41) is 0. The Labute approximate surface area is 209 Å². The quantitative estimate of drug-likeness (QED) is 0.302. The van der Waals surface area contributed by atoms with Gasteiger partial charge in [-0.1, -0.05) is 45.0 Å². The fourth-order valence-corrected chi connectivity index (χ4v) is 4.28. The maximum atomic E-state index is 14.7. The van der Waals surface area contributed by atoms with Gasteiger partial charge in [0.25, 0.3) is 17.7 Å². The Morgan fingerprint density at radius 1 is 0.861 bits per heavy atom. The summed E-state index contributed by atoms with van der Waals surface area (Å²) >= 11 is 0. The van der Waals surface area contributed by atoms with Crippen LogP contribution in [-0.2, 0) is 5.41 Å². The third kappa shape index (κ3) is 5.05. The summed E-state index contributed by atoms with van der Waals surface area (Å²) in [6, 6.07) is 16.9. The highest BCUT2D eigenvalue weighted by molar-refractivity contribution is 6.21. The van der Waals surface area contributed by atoms with E-state index in [1.807, 2.05) is 12.1 Å². The number of benzene rings is 3. The van der Waals surface area contributed by atoms with Crippen LogP contribution in [0.3, 0.4) is 0 Å². The van der Waals surface area contributed by atoms with Crippen molar-refractivity contribution in [3.63, 3.8) is 0 Å². The second kappa shape index (κ2) is 10.0. The first-order chi connectivity index (χ1) is 17.1. The molecule has 0 radical (unpaired) electrons. The third-order valence-electron chi connectivity index (χ3n) is 6.34. The molecular formula is C29H28F2N2O3. The molecule has 0 atom stereocenters. The zero-order valence-corrected chi connectivity index (χ0v) is 20.6. The summed E-state index contributed by atoms with van der Waals surface area (Å²) in [6.07, 6.45) is 0.817. The normalized spacial score (nSPS) is 13.2. The van der Waals surface area contributed by atoms with Crippen molar-refractivity contribution in [2.24, 2.45) is 0 Å². The molecule has 3 aromatic carbocycles. The van der Waals surface area contributed by atoms with Crippen molar-refractivity contribution in [3.8, 4) is 0 Å². The van der Waals surface area contributed by atoms with Gasteiger partial charge in [0.05, 0.1) is 16.8 Å². The number of halogens is 2. The van der Waals surface area contributed by atoms with Crippen LogP contribution in [0.5, 0.6) is 0 Å². The fourth-order valence-electron chi connectivity index (χ4n) is 4.28. The predicted molar refractivity (Wildman–Crippen MR) is 134 cm³/mol. The number of rotatable bonds is 7. The highest BCUT2D eigenvalue weighted by Gasteiger charge is 2.34. The first-order valence-electron chi connectivity index (χ1n) is 11.9. The van der Waals surface area contributed by atoms with Crippen LogP contribution >= 0.6 is 0 Å². The van der Waals surface area contributed by atoms with Gasteiger partial charge in [-0.15, -0.1) is 0 Å². The number of carbonyl (C=O) groups excluding carboxylic acids is 3. The number of hydrogen-bond donors (Lipinski definition) is 0. The van der Waals surface area contributed by atoms with E-state index in [1.54, 1.807) is 36.4 Å². The summed E-state index contributed by atoms with van der Waals surface area (Å²) in [5.41, 5.74) is 2.08. The lowest BCUT2D eigenvalue weighted by molar-refractivity contribution is 0.0651. The molecule has 1 heterocycles. The van der Waals surface area contributed by atoms with E-state index in [0.717, 1.165) is 17.7 Å². The van der Waals surface area contributed by atoms with Crippen LogP contribution in [0.15, 0.2) is 66.7 Å². The minimum atomic E-state index is -0.838. The minimum absolute atomic E-state index is 0.0259. The van der Waals surface area contributed by atoms with Crippen molar-refractivity contribution in [2.75, 3.05) is 18.0 Å². The second-order valence-electron chi connectivity index (χ2n) is 9.89. The van der Waals surface area contributed by atoms with Gasteiger partial charge in [-0.05, 0) is 60.2 Å². The molecular weight excluding hydrogens is 462 g/mol. The van der Waals surface area contributed by atoms with E-state index >= 15 is 0 Å². The van der Waals surface area contributed by atoms with Gasteiger partial charge in [0.1, 0.15) is 11.6 Å². The number of unbranched alkanes of at least 4 members (excludes halogenated alkanes) is 1. The zero-order valence-electron chi connectivity index (χ0n) is 20.6. The van der Waals surface area contributed by atoms with Crippen LogP contribution < -0.4 is 4.90 Å². The van der Waals surface area contributed by atoms with Crippen LogP contribution in [0.25, 0.3) is 0 Å². The van der Waals surface area contributed by atoms with Crippen LogP contribution in [0.2, 0.25) is 0 Å². The lowest BCUT2D eigenvalue weighted by atomic mass is 9.86. The Kier molecular flexibility index (Phi) is 7.02. The first kappa shape index (κ1) is 25.2. The summed E-state index contributed by atoms with van der Waals surface area (Å²) in [4.78, 5) is 41.0. The van der Waals surface area contributed by atoms with Gasteiger partial charge in [-0.3, -0.25) is 19.3 Å². The van der Waals surface area contributed by atoms with E-state index in [9.17, 15) is 23.2 Å². The van der Waals surface area contributed by atoms with E-state index in [-0.39, 0.29) is 36.0 Å². The zero-order chi connectivity index (χ0) is 26.0. The topological polar surface area (TPSA) is 57.7 Å². The van der Waals surface area contributed by atoms with E-state index in [4.69, 9.17) is 0 Å². The van der Waals surface area contributed by atoms with Crippen LogP contribution in [0, 0.1) is 11.6 Å². The first-order valence-corrected chi connectivity index (χ1v) is 11.9. The molecule has 0 bridgehead atoms. The van der Waals surface area contributed by atoms with Crippen molar-refractivity contribution < 1.29 is 23.2 Å². The molecule has 3 aromatic rings. The van der Waals surface area contributed by atoms with Crippen molar-refractivity contribution >= 4 is 23.4 Å². The average molecular weight is 491 g/mol. The lowest BCUT2D eigenvalue weighted by Crippen LogP contribution is -2.34. The van der Waals surface area contributed by atoms with E-state index in [1.165, 1.54) is 15.9 Å². The highest BCUT2D eigenvalue weighted by Crippen LogP contribution is 2.26. The van der Waals surface area contributed by atoms with Crippen LogP contribution in [0.1, 0.15) is 70.3 Å². The molecule has 186 valence electrons. The standard InChI is InChI=1S/C29H28F2N2O3/c1-29(2,3)20-12-10-19(11-13-20)26(34)32(25-15-14-21(30)18-24(25)31)16-6-7-17-33-27(35)22-8-4-5-9-23(22)28(33)36/h4-5,8-15,18H,6-7,16-17H2,1-3H3. The Morgan fingerprint density at radius 3 is 2.03 bits per heavy atom. The molecule has 1 aliphatic rings. The van der Waals surface area contributed by atoms with Gasteiger partial charge in [-0.2, -0.15) is 0 Å². The molecule has 36 heavy (non-hydrogen) atoms. The second-order valence-corrected chi connectivity index (χ2v) is 9.89. The molecule has 0 spiro atoms. The maximum Gasteiger partial charge on any atom is 0.261 e. The monoisotopic (exact) mass is 490 g/mol. The summed E-state index contributed by atoms with van der Waals surface area (Å²) in [6.45, 7) is 6.52. The van der Waals surface area contributed by atoms with Crippen molar-refractivity contribution in [1.29, 1.82) is 0 Å². The number of carbonyl (C=O) groups is 3. The molecule has 1 aliphatic heterocycles. The predicted octanol–water partition coefficient (Wildman–Crippen LogP) is 5.99. The summed E-state index contributed by atoms with van der Waals surface area (Å²) in [5.74, 6) is -2.67. The molecule has 5 nitrogen and oxygen atoms in total. The molecule has 4 rings (SSSR count). The molecule has 0 saturated carbocycles. The van der Waals surface area contributed by atoms with Crippen molar-refractivity contribution in [2.45, 2.75) is 39.0 Å². The molecule has 3 amide bonds. The molecule has 0 aromatic heterocycles. The van der Waals surface area contributed by atoms with Gasteiger partial charge in [0.2, 0.25) is 0 Å². The molecule has 0 fully saturated rings. The van der Waals surface area contributed by atoms with Crippen molar-refractivity contribution in [3.05, 3.63) is 101 Å².